The highest BCUT2D eigenvalue weighted by Gasteiger charge is 2.14. The van der Waals surface area contributed by atoms with Crippen molar-refractivity contribution in [2.75, 3.05) is 6.61 Å². The number of nitrogens with zero attached hydrogens (tertiary/aromatic N) is 1. The van der Waals surface area contributed by atoms with E-state index in [1.54, 1.807) is 0 Å². The van der Waals surface area contributed by atoms with Crippen LogP contribution in [-0.4, -0.2) is 17.4 Å². The van der Waals surface area contributed by atoms with Crippen molar-refractivity contribution in [3.8, 4) is 16.3 Å². The summed E-state index contributed by atoms with van der Waals surface area (Å²) in [6, 6.07) is 7.86. The van der Waals surface area contributed by atoms with Crippen molar-refractivity contribution in [1.82, 2.24) is 4.98 Å². The van der Waals surface area contributed by atoms with Gasteiger partial charge in [0.05, 0.1) is 17.2 Å². The number of thiazole rings is 1. The monoisotopic (exact) mass is 289 g/mol. The van der Waals surface area contributed by atoms with Crippen LogP contribution in [0.4, 0.5) is 0 Å². The van der Waals surface area contributed by atoms with Crippen LogP contribution in [0, 0.1) is 5.41 Å². The van der Waals surface area contributed by atoms with E-state index in [0.717, 1.165) is 39.7 Å². The molecule has 2 rings (SSSR count). The number of amidine groups is 1. The van der Waals surface area contributed by atoms with Gasteiger partial charge >= 0.3 is 0 Å². The molecule has 0 aliphatic heterocycles. The summed E-state index contributed by atoms with van der Waals surface area (Å²) in [6.07, 6.45) is 1.83. The van der Waals surface area contributed by atoms with Crippen LogP contribution in [0.15, 0.2) is 24.3 Å². The summed E-state index contributed by atoms with van der Waals surface area (Å²) in [5.41, 5.74) is 7.57. The molecular weight excluding hydrogens is 270 g/mol. The largest absolute Gasteiger partial charge is 0.494 e. The predicted molar refractivity (Wildman–Crippen MR) is 83.7 cm³/mol. The summed E-state index contributed by atoms with van der Waals surface area (Å²) in [6.45, 7) is 4.70. The van der Waals surface area contributed by atoms with Crippen molar-refractivity contribution in [2.45, 2.75) is 26.7 Å². The SMILES string of the molecule is CCCc1nc(-c2cccc(OCC)c2)sc1C(=N)N. The zero-order valence-electron chi connectivity index (χ0n) is 11.8. The van der Waals surface area contributed by atoms with Crippen molar-refractivity contribution in [2.24, 2.45) is 5.73 Å². The molecule has 5 heteroatoms. The maximum absolute atomic E-state index is 7.66. The van der Waals surface area contributed by atoms with Crippen molar-refractivity contribution in [3.05, 3.63) is 34.8 Å². The summed E-state index contributed by atoms with van der Waals surface area (Å²) in [4.78, 5) is 5.42. The third-order valence-corrected chi connectivity index (χ3v) is 4.00. The number of nitrogens with two attached hydrogens (primary N) is 1. The molecule has 20 heavy (non-hydrogen) atoms. The van der Waals surface area contributed by atoms with E-state index in [1.165, 1.54) is 11.3 Å². The van der Waals surface area contributed by atoms with Crippen molar-refractivity contribution < 1.29 is 4.74 Å². The molecule has 0 saturated heterocycles. The van der Waals surface area contributed by atoms with Crippen LogP contribution >= 0.6 is 11.3 Å². The molecule has 0 aliphatic rings. The van der Waals surface area contributed by atoms with Gasteiger partial charge in [-0.25, -0.2) is 4.98 Å². The normalized spacial score (nSPS) is 10.5. The van der Waals surface area contributed by atoms with Gasteiger partial charge in [-0.05, 0) is 25.5 Å². The first-order valence-corrected chi connectivity index (χ1v) is 7.54. The Morgan fingerprint density at radius 1 is 1.40 bits per heavy atom. The van der Waals surface area contributed by atoms with Gasteiger partial charge in [-0.3, -0.25) is 5.41 Å². The fraction of sp³-hybridized carbons (Fsp3) is 0.333. The van der Waals surface area contributed by atoms with E-state index >= 15 is 0 Å². The second kappa shape index (κ2) is 6.52. The predicted octanol–water partition coefficient (Wildman–Crippen LogP) is 3.45. The second-order valence-corrected chi connectivity index (χ2v) is 5.42. The first kappa shape index (κ1) is 14.5. The van der Waals surface area contributed by atoms with E-state index in [4.69, 9.17) is 15.9 Å². The topological polar surface area (TPSA) is 72.0 Å². The molecule has 0 bridgehead atoms. The van der Waals surface area contributed by atoms with Gasteiger partial charge in [-0.15, -0.1) is 11.3 Å². The number of ether oxygens (including phenoxy) is 1. The van der Waals surface area contributed by atoms with E-state index in [0.29, 0.717) is 6.61 Å². The molecule has 0 unspecified atom stereocenters. The van der Waals surface area contributed by atoms with Crippen LogP contribution in [-0.2, 0) is 6.42 Å². The summed E-state index contributed by atoms with van der Waals surface area (Å²) < 4.78 is 5.51. The Kier molecular flexibility index (Phi) is 4.74. The van der Waals surface area contributed by atoms with Gasteiger partial charge in [0.2, 0.25) is 0 Å². The van der Waals surface area contributed by atoms with Gasteiger partial charge < -0.3 is 10.5 Å². The first-order valence-electron chi connectivity index (χ1n) is 6.73. The minimum absolute atomic E-state index is 0.0955. The summed E-state index contributed by atoms with van der Waals surface area (Å²) >= 11 is 1.47. The number of nitrogens with one attached hydrogen (secondary N) is 1. The second-order valence-electron chi connectivity index (χ2n) is 4.42. The molecule has 0 amide bonds. The lowest BCUT2D eigenvalue weighted by molar-refractivity contribution is 0.340. The standard InChI is InChI=1S/C15H19N3OS/c1-3-6-12-13(14(16)17)20-15(18-12)10-7-5-8-11(9-10)19-4-2/h5,7-9H,3-4,6H2,1-2H3,(H3,16,17). The summed E-state index contributed by atoms with van der Waals surface area (Å²) in [5, 5.41) is 8.55. The maximum atomic E-state index is 7.66. The van der Waals surface area contributed by atoms with Crippen molar-refractivity contribution >= 4 is 17.2 Å². The maximum Gasteiger partial charge on any atom is 0.135 e. The lowest BCUT2D eigenvalue weighted by Crippen LogP contribution is -2.11. The highest BCUT2D eigenvalue weighted by molar-refractivity contribution is 7.17. The Bertz CT molecular complexity index is 607. The molecule has 3 N–H and O–H groups in total. The third kappa shape index (κ3) is 3.17. The number of aromatic nitrogens is 1. The van der Waals surface area contributed by atoms with E-state index in [2.05, 4.69) is 11.9 Å². The number of benzene rings is 1. The van der Waals surface area contributed by atoms with Gasteiger partial charge in [-0.2, -0.15) is 0 Å². The number of hydrogen-bond donors (Lipinski definition) is 2. The molecule has 4 nitrogen and oxygen atoms in total. The molecule has 0 atom stereocenters. The molecular formula is C15H19N3OS. The van der Waals surface area contributed by atoms with Gasteiger partial charge in [-0.1, -0.05) is 25.5 Å². The van der Waals surface area contributed by atoms with Gasteiger partial charge in [0.25, 0.3) is 0 Å². The van der Waals surface area contributed by atoms with Gasteiger partial charge in [0.1, 0.15) is 16.6 Å². The fourth-order valence-electron chi connectivity index (χ4n) is 1.98. The van der Waals surface area contributed by atoms with Crippen LogP contribution in [0.25, 0.3) is 10.6 Å². The first-order chi connectivity index (χ1) is 9.65. The quantitative estimate of drug-likeness (QED) is 0.632. The minimum atomic E-state index is 0.0955. The Morgan fingerprint density at radius 2 is 2.20 bits per heavy atom. The van der Waals surface area contributed by atoms with Gasteiger partial charge in [0.15, 0.2) is 0 Å². The molecule has 0 fully saturated rings. The number of rotatable bonds is 6. The van der Waals surface area contributed by atoms with E-state index in [9.17, 15) is 0 Å². The Labute approximate surface area is 123 Å². The van der Waals surface area contributed by atoms with Crippen LogP contribution in [0.5, 0.6) is 5.75 Å². The van der Waals surface area contributed by atoms with Crippen molar-refractivity contribution in [3.63, 3.8) is 0 Å². The zero-order chi connectivity index (χ0) is 14.5. The average molecular weight is 289 g/mol. The van der Waals surface area contributed by atoms with Gasteiger partial charge in [0, 0.05) is 5.56 Å². The molecule has 0 radical (unpaired) electrons. The molecule has 0 saturated carbocycles. The molecule has 1 aromatic heterocycles. The van der Waals surface area contributed by atoms with Crippen LogP contribution in [0.3, 0.4) is 0 Å². The number of nitrogen functional groups attached to an aromatic ring is 1. The van der Waals surface area contributed by atoms with Crippen LogP contribution in [0.1, 0.15) is 30.8 Å². The Balaban J connectivity index is 2.39. The molecule has 2 aromatic rings. The van der Waals surface area contributed by atoms with Crippen LogP contribution in [0.2, 0.25) is 0 Å². The van der Waals surface area contributed by atoms with E-state index in [1.807, 2.05) is 31.2 Å². The average Bonchev–Trinajstić information content (AvgIpc) is 2.84. The van der Waals surface area contributed by atoms with Crippen LogP contribution < -0.4 is 10.5 Å². The summed E-state index contributed by atoms with van der Waals surface area (Å²) in [5.74, 6) is 0.930. The molecule has 1 heterocycles. The fourth-order valence-corrected chi connectivity index (χ4v) is 2.95. The highest BCUT2D eigenvalue weighted by atomic mass is 32.1. The highest BCUT2D eigenvalue weighted by Crippen LogP contribution is 2.30. The summed E-state index contributed by atoms with van der Waals surface area (Å²) in [7, 11) is 0. The molecule has 1 aromatic carbocycles. The Morgan fingerprint density at radius 3 is 2.85 bits per heavy atom. The molecule has 0 spiro atoms. The molecule has 106 valence electrons. The molecule has 0 aliphatic carbocycles. The van der Waals surface area contributed by atoms with E-state index < -0.39 is 0 Å². The lowest BCUT2D eigenvalue weighted by Gasteiger charge is -2.03. The number of hydrogen-bond acceptors (Lipinski definition) is 4. The smallest absolute Gasteiger partial charge is 0.135 e. The Hall–Kier alpha value is -1.88. The lowest BCUT2D eigenvalue weighted by atomic mass is 10.2. The third-order valence-electron chi connectivity index (χ3n) is 2.82. The number of aryl methyl sites for hydroxylation is 1. The van der Waals surface area contributed by atoms with Crippen molar-refractivity contribution in [1.29, 1.82) is 5.41 Å². The van der Waals surface area contributed by atoms with E-state index in [-0.39, 0.29) is 5.84 Å². The minimum Gasteiger partial charge on any atom is -0.494 e. The zero-order valence-corrected chi connectivity index (χ0v) is 12.6.